The number of likely N-dealkylation sites (tertiary alicyclic amines) is 1. The van der Waals surface area contributed by atoms with E-state index in [0.717, 1.165) is 80.6 Å². The number of carbonyl (C=O) groups excluding carboxylic acids is 4. The Morgan fingerprint density at radius 1 is 0.931 bits per heavy atom. The molecule has 0 radical (unpaired) electrons. The summed E-state index contributed by atoms with van der Waals surface area (Å²) in [6.07, 6.45) is 14.7. The van der Waals surface area contributed by atoms with Crippen molar-refractivity contribution < 1.29 is 28.3 Å². The third kappa shape index (κ3) is 9.29. The predicted octanol–water partition coefficient (Wildman–Crippen LogP) is 7.09. The molecule has 13 nitrogen and oxygen atoms in total. The highest BCUT2D eigenvalue weighted by Crippen LogP contribution is 2.34. The molecule has 2 aromatic carbocycles. The van der Waals surface area contributed by atoms with E-state index < -0.39 is 35.5 Å². The molecule has 0 bridgehead atoms. The summed E-state index contributed by atoms with van der Waals surface area (Å²) in [5, 5.41) is 10.6. The number of hydrogen-bond donors (Lipinski definition) is 3. The molecule has 1 atom stereocenters. The van der Waals surface area contributed by atoms with E-state index in [9.17, 15) is 23.6 Å². The van der Waals surface area contributed by atoms with Gasteiger partial charge in [0, 0.05) is 66.7 Å². The molecule has 3 aliphatic heterocycles. The average molecular weight is 834 g/mol. The Bertz CT molecular complexity index is 2170. The fourth-order valence-electron chi connectivity index (χ4n) is 7.94. The van der Waals surface area contributed by atoms with Crippen LogP contribution < -0.4 is 21.1 Å². The zero-order valence-electron chi connectivity index (χ0n) is 32.2. The van der Waals surface area contributed by atoms with Crippen LogP contribution in [0.15, 0.2) is 55.0 Å². The molecule has 5 heterocycles. The molecule has 0 unspecified atom stereocenters. The third-order valence-electron chi connectivity index (χ3n) is 11.2. The number of nitrogens with one attached hydrogen (secondary N) is 2. The summed E-state index contributed by atoms with van der Waals surface area (Å²) in [5.74, 6) is -1.86. The minimum atomic E-state index is -0.978. The van der Waals surface area contributed by atoms with Crippen LogP contribution in [-0.2, 0) is 16.0 Å². The first-order valence-corrected chi connectivity index (χ1v) is 20.7. The van der Waals surface area contributed by atoms with Crippen molar-refractivity contribution in [2.45, 2.75) is 82.7 Å². The highest BCUT2D eigenvalue weighted by Gasteiger charge is 2.45. The van der Waals surface area contributed by atoms with Crippen LogP contribution in [0.25, 0.3) is 11.1 Å². The molecule has 0 spiro atoms. The second kappa shape index (κ2) is 18.7. The van der Waals surface area contributed by atoms with Gasteiger partial charge in [-0.2, -0.15) is 5.10 Å². The highest BCUT2D eigenvalue weighted by molar-refractivity contribution is 6.36. The Hall–Kier alpha value is -5.05. The van der Waals surface area contributed by atoms with Gasteiger partial charge in [0.15, 0.2) is 11.6 Å². The minimum absolute atomic E-state index is 0.0106. The number of carbonyl (C=O) groups is 4. The molecule has 4 aromatic rings. The molecule has 7 rings (SSSR count). The van der Waals surface area contributed by atoms with E-state index in [1.54, 1.807) is 24.4 Å². The smallest absolute Gasteiger partial charge is 0.264 e. The van der Waals surface area contributed by atoms with Gasteiger partial charge in [-0.25, -0.2) is 9.37 Å². The van der Waals surface area contributed by atoms with Gasteiger partial charge in [-0.05, 0) is 74.5 Å². The van der Waals surface area contributed by atoms with E-state index in [-0.39, 0.29) is 35.9 Å². The van der Waals surface area contributed by atoms with Gasteiger partial charge in [0.2, 0.25) is 11.8 Å². The lowest BCUT2D eigenvalue weighted by Gasteiger charge is -2.32. The van der Waals surface area contributed by atoms with E-state index in [2.05, 4.69) is 25.6 Å². The number of anilines is 2. The second-order valence-corrected chi connectivity index (χ2v) is 15.8. The van der Waals surface area contributed by atoms with Crippen LogP contribution in [-0.4, -0.2) is 87.0 Å². The van der Waals surface area contributed by atoms with E-state index in [1.165, 1.54) is 18.6 Å². The molecule has 2 saturated heterocycles. The van der Waals surface area contributed by atoms with Gasteiger partial charge in [0.25, 0.3) is 11.8 Å². The minimum Gasteiger partial charge on any atom is -0.489 e. The number of fused-ring (bicyclic) bond motifs is 1. The molecule has 2 aromatic heterocycles. The number of aromatic nitrogens is 3. The number of unbranched alkanes of at least 4 members (excludes halogenated alkanes) is 5. The van der Waals surface area contributed by atoms with E-state index in [4.69, 9.17) is 33.7 Å². The highest BCUT2D eigenvalue weighted by atomic mass is 35.5. The van der Waals surface area contributed by atoms with Crippen molar-refractivity contribution in [1.82, 2.24) is 29.9 Å². The van der Waals surface area contributed by atoms with Crippen molar-refractivity contribution >= 4 is 58.3 Å². The van der Waals surface area contributed by atoms with Crippen molar-refractivity contribution in [3.05, 3.63) is 87.5 Å². The fourth-order valence-corrected chi connectivity index (χ4v) is 8.50. The largest absolute Gasteiger partial charge is 0.489 e. The van der Waals surface area contributed by atoms with Crippen molar-refractivity contribution in [3.63, 3.8) is 0 Å². The maximum absolute atomic E-state index is 13.9. The number of benzene rings is 2. The first-order valence-electron chi connectivity index (χ1n) is 19.9. The normalized spacial score (nSPS) is 17.5. The van der Waals surface area contributed by atoms with Gasteiger partial charge in [-0.15, -0.1) is 0 Å². The summed E-state index contributed by atoms with van der Waals surface area (Å²) < 4.78 is 21.9. The number of amides is 4. The van der Waals surface area contributed by atoms with Gasteiger partial charge in [0.05, 0.1) is 35.0 Å². The molecule has 3 aliphatic rings. The van der Waals surface area contributed by atoms with Crippen molar-refractivity contribution in [2.75, 3.05) is 43.8 Å². The van der Waals surface area contributed by atoms with Crippen LogP contribution in [0.5, 0.6) is 5.75 Å². The Morgan fingerprint density at radius 2 is 1.71 bits per heavy atom. The average Bonchev–Trinajstić information content (AvgIpc) is 3.81. The van der Waals surface area contributed by atoms with Gasteiger partial charge in [0.1, 0.15) is 11.9 Å². The lowest BCUT2D eigenvalue weighted by molar-refractivity contribution is -0.136. The lowest BCUT2D eigenvalue weighted by atomic mass is 10.0. The number of nitrogens with two attached hydrogens (primary N) is 1. The van der Waals surface area contributed by atoms with E-state index in [0.29, 0.717) is 46.6 Å². The molecule has 16 heteroatoms. The van der Waals surface area contributed by atoms with Crippen molar-refractivity contribution in [3.8, 4) is 16.9 Å². The number of halogens is 3. The number of nitrogen functional groups attached to an aromatic ring is 1. The topological polar surface area (TPSA) is 165 Å². The number of pyridine rings is 1. The Labute approximate surface area is 346 Å². The summed E-state index contributed by atoms with van der Waals surface area (Å²) in [5.41, 5.74) is 9.50. The summed E-state index contributed by atoms with van der Waals surface area (Å²) >= 11 is 12.3. The maximum atomic E-state index is 13.9. The van der Waals surface area contributed by atoms with Gasteiger partial charge in [-0.3, -0.25) is 34.1 Å². The number of hydrogen-bond acceptors (Lipinski definition) is 10. The fraction of sp³-hybridized carbons (Fsp3) is 0.429. The maximum Gasteiger partial charge on any atom is 0.264 e. The molecule has 4 amide bonds. The molecular weight excluding hydrogens is 786 g/mol. The molecule has 4 N–H and O–H groups in total. The van der Waals surface area contributed by atoms with Crippen LogP contribution in [0.2, 0.25) is 10.0 Å². The summed E-state index contributed by atoms with van der Waals surface area (Å²) in [6, 6.07) is 9.01. The quantitative estimate of drug-likeness (QED) is 0.0569. The molecule has 306 valence electrons. The standard InChI is InChI=1S/C42H47Cl2FN8O5/c43-31-10-11-32(45)38(44)29(31)16-21-58-35-22-26(23-48-39(35)46)27-24-49-52(25-27)28-14-19-51(20-15-28)18-6-4-2-1-3-5-17-47-33-9-7-8-30-37(33)42(57)53(41(30)56)34-12-13-36(54)50-40(34)55/h7-11,22-25,28,34,47H,1-6,12-21H2,(H2,46,48)(H,50,54,55)/t34-/m1/s1. The number of nitrogens with zero attached hydrogens (tertiary/aromatic N) is 5. The number of rotatable bonds is 17. The molecular formula is C42H47Cl2FN8O5. The molecule has 0 saturated carbocycles. The van der Waals surface area contributed by atoms with Crippen molar-refractivity contribution in [1.29, 1.82) is 0 Å². The third-order valence-corrected chi connectivity index (χ3v) is 11.9. The lowest BCUT2D eigenvalue weighted by Crippen LogP contribution is -2.54. The van der Waals surface area contributed by atoms with E-state index in [1.807, 2.05) is 23.1 Å². The number of ether oxygens (including phenoxy) is 1. The summed E-state index contributed by atoms with van der Waals surface area (Å²) in [7, 11) is 0. The second-order valence-electron chi connectivity index (χ2n) is 15.0. The molecule has 0 aliphatic carbocycles. The van der Waals surface area contributed by atoms with Crippen LogP contribution >= 0.6 is 23.2 Å². The Kier molecular flexibility index (Phi) is 13.2. The first-order chi connectivity index (χ1) is 28.1. The van der Waals surface area contributed by atoms with Crippen LogP contribution in [0.3, 0.4) is 0 Å². The summed E-state index contributed by atoms with van der Waals surface area (Å²) in [4.78, 5) is 58.2. The van der Waals surface area contributed by atoms with Gasteiger partial charge >= 0.3 is 0 Å². The van der Waals surface area contributed by atoms with Gasteiger partial charge in [-0.1, -0.05) is 55.0 Å². The van der Waals surface area contributed by atoms with Crippen LogP contribution in [0, 0.1) is 5.82 Å². The van der Waals surface area contributed by atoms with E-state index >= 15 is 0 Å². The van der Waals surface area contributed by atoms with Crippen molar-refractivity contribution in [2.24, 2.45) is 0 Å². The number of imide groups is 2. The Balaban J connectivity index is 0.778. The van der Waals surface area contributed by atoms with Gasteiger partial charge < -0.3 is 20.7 Å². The zero-order valence-corrected chi connectivity index (χ0v) is 33.7. The Morgan fingerprint density at radius 3 is 2.50 bits per heavy atom. The molecule has 2 fully saturated rings. The SMILES string of the molecule is Nc1ncc(-c2cnn(C3CCN(CCCCCCCCNc4cccc5c4C(=O)N([C@@H]4CCC(=O)NC4=O)C5=O)CC3)c2)cc1OCCc1c(Cl)ccc(F)c1Cl. The molecule has 58 heavy (non-hydrogen) atoms. The predicted molar refractivity (Wildman–Crippen MR) is 220 cm³/mol. The van der Waals surface area contributed by atoms with Crippen LogP contribution in [0.4, 0.5) is 15.9 Å². The summed E-state index contributed by atoms with van der Waals surface area (Å²) in [6.45, 7) is 3.99. The van der Waals surface area contributed by atoms with Crippen LogP contribution in [0.1, 0.15) is 96.5 Å². The monoisotopic (exact) mass is 832 g/mol. The number of piperidine rings is 2. The zero-order chi connectivity index (χ0) is 40.8. The first kappa shape index (κ1) is 41.1.